The van der Waals surface area contributed by atoms with Crippen LogP contribution in [0.25, 0.3) is 0 Å². The third-order valence-electron chi connectivity index (χ3n) is 0.684. The Morgan fingerprint density at radius 1 is 1.60 bits per heavy atom. The van der Waals surface area contributed by atoms with Crippen LogP contribution in [0.2, 0.25) is 0 Å². The molecule has 0 aromatic heterocycles. The Balaban J connectivity index is -0.000000320. The van der Waals surface area contributed by atoms with Crippen molar-refractivity contribution in [2.75, 3.05) is 12.4 Å². The van der Waals surface area contributed by atoms with Crippen molar-refractivity contribution in [1.29, 1.82) is 0 Å². The molecule has 0 bridgehead atoms. The Hall–Kier alpha value is 0.0274. The molecule has 0 fully saturated rings. The molecule has 0 aromatic carbocycles. The van der Waals surface area contributed by atoms with Gasteiger partial charge in [-0.1, -0.05) is 0 Å². The van der Waals surface area contributed by atoms with E-state index in [0.717, 1.165) is 0 Å². The summed E-state index contributed by atoms with van der Waals surface area (Å²) in [5.74, 6) is -0.430. The summed E-state index contributed by atoms with van der Waals surface area (Å²) in [7, 11) is 0. The van der Waals surface area contributed by atoms with Crippen LogP contribution < -0.4 is 24.2 Å². The zero-order chi connectivity index (χ0) is 7.28. The summed E-state index contributed by atoms with van der Waals surface area (Å²) >= 11 is 5.13. The summed E-state index contributed by atoms with van der Waals surface area (Å²) in [5, 5.41) is 2.32. The van der Waals surface area contributed by atoms with Gasteiger partial charge in [0.1, 0.15) is 0 Å². The third-order valence-corrected chi connectivity index (χ3v) is 0.982. The van der Waals surface area contributed by atoms with Crippen molar-refractivity contribution in [2.45, 2.75) is 6.92 Å². The third kappa shape index (κ3) is 8.03. The first-order valence-electron chi connectivity index (χ1n) is 2.49. The van der Waals surface area contributed by atoms with Crippen molar-refractivity contribution in [2.24, 2.45) is 0 Å². The molecule has 0 radical (unpaired) electrons. The fourth-order valence-electron chi connectivity index (χ4n) is 0.270. The molecule has 0 aromatic rings. The average molecular weight is 158 g/mol. The second-order valence-corrected chi connectivity index (χ2v) is 1.85. The molecule has 54 valence electrons. The van der Waals surface area contributed by atoms with E-state index in [1.54, 1.807) is 0 Å². The molecule has 0 rings (SSSR count). The van der Waals surface area contributed by atoms with E-state index in [2.05, 4.69) is 5.32 Å². The number of carbonyl (C=O) groups excluding carboxylic acids is 2. The Morgan fingerprint density at radius 2 is 2.10 bits per heavy atom. The number of rotatable bonds is 3. The zero-order valence-corrected chi connectivity index (χ0v) is 6.86. The molecular formula is C5H9ClLiNO2. The summed E-state index contributed by atoms with van der Waals surface area (Å²) < 4.78 is 0. The first kappa shape index (κ1) is 12.7. The van der Waals surface area contributed by atoms with Crippen molar-refractivity contribution in [1.82, 2.24) is 5.32 Å². The molecule has 0 heterocycles. The Morgan fingerprint density at radius 3 is 2.40 bits per heavy atom. The number of amides is 1. The molecular weight excluding hydrogens is 148 g/mol. The van der Waals surface area contributed by atoms with Gasteiger partial charge < -0.3 is 6.74 Å². The summed E-state index contributed by atoms with van der Waals surface area (Å²) in [6, 6.07) is 0. The topological polar surface area (TPSA) is 46.2 Å². The van der Waals surface area contributed by atoms with E-state index in [1.165, 1.54) is 6.92 Å². The molecule has 3 nitrogen and oxygen atoms in total. The minimum atomic E-state index is -0.214. The number of Topliss-reactive ketones (excluding diaryl/α,β-unsaturated/α-hetero) is 1. The molecule has 0 saturated carbocycles. The van der Waals surface area contributed by atoms with Gasteiger partial charge in [-0.2, -0.15) is 0 Å². The first-order valence-corrected chi connectivity index (χ1v) is 3.02. The molecule has 0 atom stereocenters. The smallest absolute Gasteiger partial charge is 1.00 e. The van der Waals surface area contributed by atoms with Crippen molar-refractivity contribution >= 4 is 23.3 Å². The molecule has 10 heavy (non-hydrogen) atoms. The van der Waals surface area contributed by atoms with Crippen LogP contribution in [-0.4, -0.2) is 24.1 Å². The molecule has 0 saturated heterocycles. The Labute approximate surface area is 78.2 Å². The number of hydrogen-bond acceptors (Lipinski definition) is 2. The van der Waals surface area contributed by atoms with Crippen LogP contribution in [-0.2, 0) is 9.59 Å². The van der Waals surface area contributed by atoms with Gasteiger partial charge in [-0.25, -0.2) is 0 Å². The van der Waals surface area contributed by atoms with Crippen LogP contribution in [0, 0.1) is 0 Å². The average Bonchev–Trinajstić information content (AvgIpc) is 1.83. The Kier molecular flexibility index (Phi) is 9.05. The summed E-state index contributed by atoms with van der Waals surface area (Å²) in [6.45, 7) is 1.39. The number of ketones is 1. The van der Waals surface area contributed by atoms with Crippen molar-refractivity contribution in [3.63, 3.8) is 0 Å². The fraction of sp³-hybridized carbons (Fsp3) is 0.600. The predicted molar refractivity (Wildman–Crippen MR) is 35.5 cm³/mol. The number of carbonyl (C=O) groups is 2. The minimum absolute atomic E-state index is 0. The van der Waals surface area contributed by atoms with Crippen LogP contribution in [0.15, 0.2) is 0 Å². The summed E-state index contributed by atoms with van der Waals surface area (Å²) in [4.78, 5) is 20.5. The zero-order valence-electron chi connectivity index (χ0n) is 7.11. The van der Waals surface area contributed by atoms with Crippen LogP contribution in [0.1, 0.15) is 8.35 Å². The maximum Gasteiger partial charge on any atom is 1.00 e. The first-order chi connectivity index (χ1) is 4.16. The normalized spacial score (nSPS) is 7.80. The molecule has 0 aliphatic heterocycles. The van der Waals surface area contributed by atoms with Gasteiger partial charge in [0, 0.05) is 6.92 Å². The molecule has 0 aliphatic carbocycles. The summed E-state index contributed by atoms with van der Waals surface area (Å²) in [6.07, 6.45) is 0. The van der Waals surface area contributed by atoms with E-state index in [-0.39, 0.29) is 44.4 Å². The van der Waals surface area contributed by atoms with Gasteiger partial charge in [0.15, 0.2) is 5.78 Å². The van der Waals surface area contributed by atoms with Gasteiger partial charge in [0.25, 0.3) is 0 Å². The second-order valence-electron chi connectivity index (χ2n) is 1.58. The molecule has 0 spiro atoms. The van der Waals surface area contributed by atoms with Crippen molar-refractivity contribution in [3.8, 4) is 0 Å². The number of hydrogen-bond donors (Lipinski definition) is 1. The maximum absolute atomic E-state index is 10.4. The number of halogens is 1. The van der Waals surface area contributed by atoms with E-state index >= 15 is 0 Å². The quantitative estimate of drug-likeness (QED) is 0.352. The molecule has 1 N–H and O–H groups in total. The van der Waals surface area contributed by atoms with Crippen LogP contribution in [0.4, 0.5) is 0 Å². The van der Waals surface area contributed by atoms with Crippen LogP contribution in [0.3, 0.4) is 0 Å². The second kappa shape index (κ2) is 7.14. The van der Waals surface area contributed by atoms with E-state index in [0.29, 0.717) is 0 Å². The molecule has 5 heteroatoms. The monoisotopic (exact) mass is 157 g/mol. The van der Waals surface area contributed by atoms with E-state index in [4.69, 9.17) is 11.6 Å². The fourth-order valence-corrected chi connectivity index (χ4v) is 0.365. The van der Waals surface area contributed by atoms with Gasteiger partial charge >= 0.3 is 18.9 Å². The number of nitrogens with one attached hydrogen (secondary N) is 1. The molecule has 0 unspecified atom stereocenters. The maximum atomic E-state index is 10.4. The van der Waals surface area contributed by atoms with Gasteiger partial charge in [-0.3, -0.25) is 9.59 Å². The summed E-state index contributed by atoms with van der Waals surface area (Å²) in [5.41, 5.74) is 0. The number of alkyl halides is 1. The van der Waals surface area contributed by atoms with E-state index < -0.39 is 0 Å². The predicted octanol–water partition coefficient (Wildman–Crippen LogP) is -2.95. The largest absolute Gasteiger partial charge is 1.00 e. The van der Waals surface area contributed by atoms with Crippen LogP contribution >= 0.6 is 11.6 Å². The van der Waals surface area contributed by atoms with Crippen molar-refractivity contribution in [3.05, 3.63) is 0 Å². The van der Waals surface area contributed by atoms with E-state index in [1.807, 2.05) is 0 Å². The van der Waals surface area contributed by atoms with Crippen LogP contribution in [0.5, 0.6) is 0 Å². The van der Waals surface area contributed by atoms with Gasteiger partial charge in [0.05, 0.1) is 12.4 Å². The standard InChI is InChI=1S/C5H8ClNO2.Li.H/c1-4(8)7-3-5(9)2-6;;/h2-3H2,1H3,(H,7,8);;/q;+1;-1. The van der Waals surface area contributed by atoms with Gasteiger partial charge in [-0.05, 0) is 0 Å². The van der Waals surface area contributed by atoms with E-state index in [9.17, 15) is 9.59 Å². The van der Waals surface area contributed by atoms with Gasteiger partial charge in [0.2, 0.25) is 5.91 Å². The molecule has 1 amide bonds. The minimum Gasteiger partial charge on any atom is -1.00 e. The van der Waals surface area contributed by atoms with Gasteiger partial charge in [-0.15, -0.1) is 11.6 Å². The Bertz CT molecular complexity index is 134. The van der Waals surface area contributed by atoms with Crippen molar-refractivity contribution < 1.29 is 29.9 Å². The SMILES string of the molecule is CC(=O)NCC(=O)CCl.[H-].[Li+]. The molecule has 0 aliphatic rings.